The highest BCUT2D eigenvalue weighted by molar-refractivity contribution is 5.77. The first-order chi connectivity index (χ1) is 14.1. The van der Waals surface area contributed by atoms with E-state index in [0.29, 0.717) is 30.5 Å². The summed E-state index contributed by atoms with van der Waals surface area (Å²) in [6.07, 6.45) is -3.67. The molecule has 30 heavy (non-hydrogen) atoms. The van der Waals surface area contributed by atoms with Crippen LogP contribution in [-0.2, 0) is 21.2 Å². The molecule has 0 saturated carbocycles. The highest BCUT2D eigenvalue weighted by atomic mass is 19.4. The number of benzene rings is 2. The number of halogens is 3. The molecular weight excluding hydrogens is 393 g/mol. The van der Waals surface area contributed by atoms with E-state index >= 15 is 0 Å². The molecule has 7 heteroatoms. The van der Waals surface area contributed by atoms with Crippen molar-refractivity contribution in [2.75, 3.05) is 13.2 Å². The second-order valence-electron chi connectivity index (χ2n) is 8.05. The van der Waals surface area contributed by atoms with Crippen LogP contribution in [0.3, 0.4) is 0 Å². The lowest BCUT2D eigenvalue weighted by molar-refractivity contribution is -0.137. The van der Waals surface area contributed by atoms with Crippen LogP contribution >= 0.6 is 0 Å². The molecule has 1 fully saturated rings. The molecule has 162 valence electrons. The Hall–Kier alpha value is -2.38. The molecule has 1 aliphatic heterocycles. The number of aryl methyl sites for hydroxylation is 1. The molecule has 0 bridgehead atoms. The zero-order valence-corrected chi connectivity index (χ0v) is 17.1. The van der Waals surface area contributed by atoms with Crippen molar-refractivity contribution >= 4 is 5.91 Å². The van der Waals surface area contributed by atoms with Gasteiger partial charge in [0.1, 0.15) is 0 Å². The van der Waals surface area contributed by atoms with Crippen LogP contribution in [0.1, 0.15) is 48.1 Å². The van der Waals surface area contributed by atoms with Gasteiger partial charge in [-0.15, -0.1) is 0 Å². The number of ether oxygens (including phenoxy) is 1. The van der Waals surface area contributed by atoms with Crippen LogP contribution in [0.5, 0.6) is 0 Å². The average Bonchev–Trinajstić information content (AvgIpc) is 2.72. The van der Waals surface area contributed by atoms with E-state index in [1.165, 1.54) is 0 Å². The summed E-state index contributed by atoms with van der Waals surface area (Å²) in [5.74, 6) is -0.580. The van der Waals surface area contributed by atoms with Crippen molar-refractivity contribution in [1.29, 1.82) is 0 Å². The number of hydrogen-bond acceptors (Lipinski definition) is 3. The molecule has 0 spiro atoms. The molecule has 1 saturated heterocycles. The van der Waals surface area contributed by atoms with Gasteiger partial charge in [0, 0.05) is 6.54 Å². The third kappa shape index (κ3) is 5.02. The predicted molar refractivity (Wildman–Crippen MR) is 109 cm³/mol. The molecule has 1 aliphatic rings. The van der Waals surface area contributed by atoms with Crippen molar-refractivity contribution < 1.29 is 22.7 Å². The molecule has 0 aromatic heterocycles. The van der Waals surface area contributed by atoms with Gasteiger partial charge in [-0.1, -0.05) is 42.0 Å². The summed E-state index contributed by atoms with van der Waals surface area (Å²) in [5, 5.41) is 3.43. The third-order valence-corrected chi connectivity index (χ3v) is 5.81. The number of amides is 1. The highest BCUT2D eigenvalue weighted by Gasteiger charge is 2.39. The fraction of sp³-hybridized carbons (Fsp3) is 0.435. The van der Waals surface area contributed by atoms with Crippen molar-refractivity contribution in [3.63, 3.8) is 0 Å². The lowest BCUT2D eigenvalue weighted by Crippen LogP contribution is -2.54. The second-order valence-corrected chi connectivity index (χ2v) is 8.05. The minimum Gasteiger partial charge on any atom is -0.372 e. The Morgan fingerprint density at radius 2 is 1.97 bits per heavy atom. The van der Waals surface area contributed by atoms with Gasteiger partial charge in [-0.25, -0.2) is 0 Å². The molecular formula is C23H27F3N2O2. The van der Waals surface area contributed by atoms with Crippen LogP contribution in [0.15, 0.2) is 48.5 Å². The van der Waals surface area contributed by atoms with Gasteiger partial charge in [-0.3, -0.25) is 4.79 Å². The Morgan fingerprint density at radius 3 is 2.53 bits per heavy atom. The number of primary amides is 1. The van der Waals surface area contributed by atoms with Crippen LogP contribution in [0, 0.1) is 12.8 Å². The summed E-state index contributed by atoms with van der Waals surface area (Å²) in [4.78, 5) is 11.6. The van der Waals surface area contributed by atoms with E-state index in [-0.39, 0.29) is 18.4 Å². The topological polar surface area (TPSA) is 64.3 Å². The molecule has 4 nitrogen and oxygen atoms in total. The lowest BCUT2D eigenvalue weighted by atomic mass is 9.79. The minimum absolute atomic E-state index is 0.245. The fourth-order valence-corrected chi connectivity index (χ4v) is 3.96. The lowest BCUT2D eigenvalue weighted by Gasteiger charge is -2.41. The first-order valence-corrected chi connectivity index (χ1v) is 10.0. The van der Waals surface area contributed by atoms with E-state index < -0.39 is 23.4 Å². The van der Waals surface area contributed by atoms with Crippen LogP contribution in [0.2, 0.25) is 0 Å². The Morgan fingerprint density at radius 1 is 1.27 bits per heavy atom. The second kappa shape index (κ2) is 8.78. The van der Waals surface area contributed by atoms with Crippen molar-refractivity contribution in [2.24, 2.45) is 11.7 Å². The van der Waals surface area contributed by atoms with E-state index in [1.807, 2.05) is 30.3 Å². The SMILES string of the molecule is Cc1cc([C@@H](C)OC[C@@]2(c3ccccc3)CC[C@H](C(N)=O)CN2)cc(C(F)(F)F)c1. The van der Waals surface area contributed by atoms with Gasteiger partial charge in [0.25, 0.3) is 0 Å². The summed E-state index contributed by atoms with van der Waals surface area (Å²) in [7, 11) is 0. The van der Waals surface area contributed by atoms with Gasteiger partial charge in [0.2, 0.25) is 5.91 Å². The molecule has 1 amide bonds. The standard InChI is InChI=1S/C23H27F3N2O2/c1-15-10-18(12-20(11-15)23(24,25)26)16(2)30-14-22(19-6-4-3-5-7-19)9-8-17(13-28-22)21(27)29/h3-7,10-12,16-17,28H,8-9,13-14H2,1-2H3,(H2,27,29)/t16-,17+,22-/m1/s1. The summed E-state index contributed by atoms with van der Waals surface area (Å²) in [6, 6.07) is 13.7. The monoisotopic (exact) mass is 420 g/mol. The zero-order chi connectivity index (χ0) is 21.9. The number of alkyl halides is 3. The van der Waals surface area contributed by atoms with Crippen LogP contribution < -0.4 is 11.1 Å². The van der Waals surface area contributed by atoms with E-state index in [9.17, 15) is 18.0 Å². The summed E-state index contributed by atoms with van der Waals surface area (Å²) in [5.41, 5.74) is 6.28. The number of carbonyl (C=O) groups excluding carboxylic acids is 1. The van der Waals surface area contributed by atoms with Crippen molar-refractivity contribution in [2.45, 2.75) is 44.5 Å². The Kier molecular flexibility index (Phi) is 6.53. The summed E-state index contributed by atoms with van der Waals surface area (Å²) in [6.45, 7) is 4.09. The first kappa shape index (κ1) is 22.3. The average molecular weight is 420 g/mol. The van der Waals surface area contributed by atoms with Gasteiger partial charge in [0.15, 0.2) is 0 Å². The Labute approximate surface area is 174 Å². The maximum Gasteiger partial charge on any atom is 0.416 e. The van der Waals surface area contributed by atoms with Gasteiger partial charge >= 0.3 is 6.18 Å². The maximum atomic E-state index is 13.2. The number of hydrogen-bond donors (Lipinski definition) is 2. The molecule has 3 atom stereocenters. The normalized spacial score (nSPS) is 23.2. The molecule has 0 unspecified atom stereocenters. The number of carbonyl (C=O) groups is 1. The molecule has 3 rings (SSSR count). The fourth-order valence-electron chi connectivity index (χ4n) is 3.96. The van der Waals surface area contributed by atoms with Crippen LogP contribution in [0.25, 0.3) is 0 Å². The molecule has 0 aliphatic carbocycles. The first-order valence-electron chi connectivity index (χ1n) is 10.0. The molecule has 2 aromatic rings. The van der Waals surface area contributed by atoms with E-state index in [0.717, 1.165) is 17.7 Å². The van der Waals surface area contributed by atoms with E-state index in [1.54, 1.807) is 19.9 Å². The Bertz CT molecular complexity index is 876. The molecule has 2 aromatic carbocycles. The Balaban J connectivity index is 1.80. The maximum absolute atomic E-state index is 13.2. The molecule has 0 radical (unpaired) electrons. The molecule has 1 heterocycles. The van der Waals surface area contributed by atoms with Crippen molar-refractivity contribution in [1.82, 2.24) is 5.32 Å². The number of nitrogens with one attached hydrogen (secondary N) is 1. The highest BCUT2D eigenvalue weighted by Crippen LogP contribution is 2.36. The third-order valence-electron chi connectivity index (χ3n) is 5.81. The van der Waals surface area contributed by atoms with Crippen LogP contribution in [-0.4, -0.2) is 19.1 Å². The zero-order valence-electron chi connectivity index (χ0n) is 17.1. The predicted octanol–water partition coefficient (Wildman–Crippen LogP) is 4.47. The van der Waals surface area contributed by atoms with Gasteiger partial charge in [-0.2, -0.15) is 13.2 Å². The van der Waals surface area contributed by atoms with E-state index in [4.69, 9.17) is 10.5 Å². The number of piperidine rings is 1. The van der Waals surface area contributed by atoms with E-state index in [2.05, 4.69) is 5.32 Å². The van der Waals surface area contributed by atoms with Crippen LogP contribution in [0.4, 0.5) is 13.2 Å². The smallest absolute Gasteiger partial charge is 0.372 e. The molecule has 3 N–H and O–H groups in total. The number of rotatable bonds is 6. The number of nitrogens with two attached hydrogens (primary N) is 1. The summed E-state index contributed by atoms with van der Waals surface area (Å²) >= 11 is 0. The van der Waals surface area contributed by atoms with Crippen molar-refractivity contribution in [3.8, 4) is 0 Å². The van der Waals surface area contributed by atoms with Gasteiger partial charge in [-0.05, 0) is 49.9 Å². The van der Waals surface area contributed by atoms with Crippen molar-refractivity contribution in [3.05, 3.63) is 70.8 Å². The largest absolute Gasteiger partial charge is 0.416 e. The quantitative estimate of drug-likeness (QED) is 0.725. The van der Waals surface area contributed by atoms with Gasteiger partial charge < -0.3 is 15.8 Å². The van der Waals surface area contributed by atoms with Gasteiger partial charge in [0.05, 0.1) is 29.7 Å². The summed E-state index contributed by atoms with van der Waals surface area (Å²) < 4.78 is 45.6. The minimum atomic E-state index is -4.40.